The number of hydrogen-bond donors (Lipinski definition) is 0. The summed E-state index contributed by atoms with van der Waals surface area (Å²) in [7, 11) is 0. The van der Waals surface area contributed by atoms with Crippen LogP contribution in [0.25, 0.3) is 0 Å². The van der Waals surface area contributed by atoms with Gasteiger partial charge >= 0.3 is 6.16 Å². The summed E-state index contributed by atoms with van der Waals surface area (Å²) in [5, 5.41) is 4.83. The van der Waals surface area contributed by atoms with E-state index in [1.807, 2.05) is 0 Å². The fraction of sp³-hybridized carbons (Fsp3) is 0.167. The molecule has 1 aromatic heterocycles. The van der Waals surface area contributed by atoms with Crippen LogP contribution in [0.15, 0.2) is 55.1 Å². The third-order valence-electron chi connectivity index (χ3n) is 4.33. The molecule has 9 heteroatoms. The summed E-state index contributed by atoms with van der Waals surface area (Å²) in [5.74, 6) is -0.407. The predicted molar refractivity (Wildman–Crippen MR) is 94.9 cm³/mol. The van der Waals surface area contributed by atoms with Crippen LogP contribution in [0.2, 0.25) is 10.0 Å². The van der Waals surface area contributed by atoms with Crippen LogP contribution in [-0.2, 0) is 21.6 Å². The highest BCUT2D eigenvalue weighted by molar-refractivity contribution is 6.35. The summed E-state index contributed by atoms with van der Waals surface area (Å²) in [6.07, 6.45) is 1.10. The Morgan fingerprint density at radius 3 is 2.63 bits per heavy atom. The Labute approximate surface area is 163 Å². The van der Waals surface area contributed by atoms with E-state index in [1.165, 1.54) is 41.6 Å². The topological polar surface area (TPSA) is 66.2 Å². The van der Waals surface area contributed by atoms with Gasteiger partial charge in [-0.05, 0) is 29.8 Å². The van der Waals surface area contributed by atoms with Crippen LogP contribution < -0.4 is 0 Å². The molecule has 138 valence electrons. The maximum absolute atomic E-state index is 13.4. The number of nitrogens with zero attached hydrogens (tertiary/aromatic N) is 3. The fourth-order valence-corrected chi connectivity index (χ4v) is 3.75. The van der Waals surface area contributed by atoms with Crippen LogP contribution in [0, 0.1) is 5.82 Å². The molecule has 2 unspecified atom stereocenters. The van der Waals surface area contributed by atoms with Crippen LogP contribution in [-0.4, -0.2) is 20.9 Å². The highest BCUT2D eigenvalue weighted by Gasteiger charge is 2.55. The Balaban J connectivity index is 1.89. The van der Waals surface area contributed by atoms with Crippen molar-refractivity contribution in [2.24, 2.45) is 0 Å². The van der Waals surface area contributed by atoms with Gasteiger partial charge in [0.15, 0.2) is 6.10 Å². The van der Waals surface area contributed by atoms with Gasteiger partial charge in [-0.2, -0.15) is 5.10 Å². The minimum atomic E-state index is -1.34. The third-order valence-corrected chi connectivity index (χ3v) is 4.87. The Kier molecular flexibility index (Phi) is 4.49. The van der Waals surface area contributed by atoms with Crippen LogP contribution in [0.3, 0.4) is 0 Å². The van der Waals surface area contributed by atoms with Gasteiger partial charge in [0.25, 0.3) is 0 Å². The highest BCUT2D eigenvalue weighted by atomic mass is 35.5. The van der Waals surface area contributed by atoms with Crippen molar-refractivity contribution < 1.29 is 18.7 Å². The second-order valence-corrected chi connectivity index (χ2v) is 6.85. The fourth-order valence-electron chi connectivity index (χ4n) is 3.18. The summed E-state index contributed by atoms with van der Waals surface area (Å²) in [5.41, 5.74) is -0.304. The number of hydrogen-bond acceptors (Lipinski definition) is 5. The number of carbonyl (C=O) groups excluding carboxylic acids is 1. The summed E-state index contributed by atoms with van der Waals surface area (Å²) < 4.78 is 26.0. The molecule has 0 amide bonds. The molecule has 6 nitrogen and oxygen atoms in total. The van der Waals surface area contributed by atoms with Crippen LogP contribution in [0.1, 0.15) is 17.2 Å². The molecule has 4 rings (SSSR count). The monoisotopic (exact) mass is 407 g/mol. The molecule has 0 N–H and O–H groups in total. The van der Waals surface area contributed by atoms with Gasteiger partial charge in [0.05, 0.1) is 6.54 Å². The van der Waals surface area contributed by atoms with Gasteiger partial charge in [-0.3, -0.25) is 0 Å². The molecule has 1 fully saturated rings. The van der Waals surface area contributed by atoms with Crippen molar-refractivity contribution in [1.29, 1.82) is 0 Å². The molecule has 0 radical (unpaired) electrons. The molecule has 1 saturated heterocycles. The summed E-state index contributed by atoms with van der Waals surface area (Å²) in [6.45, 7) is 0.0855. The quantitative estimate of drug-likeness (QED) is 0.594. The lowest BCUT2D eigenvalue weighted by atomic mass is 9.84. The minimum Gasteiger partial charge on any atom is -0.421 e. The van der Waals surface area contributed by atoms with E-state index < -0.39 is 23.7 Å². The lowest BCUT2D eigenvalue weighted by Gasteiger charge is -2.32. The van der Waals surface area contributed by atoms with Crippen molar-refractivity contribution in [3.8, 4) is 0 Å². The summed E-state index contributed by atoms with van der Waals surface area (Å²) in [4.78, 5) is 16.1. The van der Waals surface area contributed by atoms with Gasteiger partial charge in [0, 0.05) is 15.6 Å². The zero-order valence-electron chi connectivity index (χ0n) is 13.7. The first-order valence-electron chi connectivity index (χ1n) is 7.91. The van der Waals surface area contributed by atoms with Gasteiger partial charge in [-0.1, -0.05) is 41.4 Å². The molecule has 0 saturated carbocycles. The maximum atomic E-state index is 13.4. The largest absolute Gasteiger partial charge is 0.510 e. The molecule has 27 heavy (non-hydrogen) atoms. The van der Waals surface area contributed by atoms with Crippen molar-refractivity contribution in [1.82, 2.24) is 14.8 Å². The minimum absolute atomic E-state index is 0.0855. The van der Waals surface area contributed by atoms with Gasteiger partial charge in [-0.25, -0.2) is 18.9 Å². The molecule has 1 aliphatic rings. The van der Waals surface area contributed by atoms with Crippen LogP contribution in [0.5, 0.6) is 0 Å². The van der Waals surface area contributed by atoms with E-state index in [4.69, 9.17) is 32.7 Å². The molecular formula is C18H12Cl2FN3O3. The van der Waals surface area contributed by atoms with Gasteiger partial charge in [0.1, 0.15) is 18.5 Å². The average molecular weight is 408 g/mol. The van der Waals surface area contributed by atoms with Crippen LogP contribution in [0.4, 0.5) is 9.18 Å². The first-order chi connectivity index (χ1) is 13.0. The van der Waals surface area contributed by atoms with Crippen molar-refractivity contribution >= 4 is 29.4 Å². The molecule has 2 atom stereocenters. The second kappa shape index (κ2) is 6.83. The molecule has 0 spiro atoms. The Hall–Kier alpha value is -2.64. The number of halogens is 3. The van der Waals surface area contributed by atoms with E-state index in [0.29, 0.717) is 21.2 Å². The van der Waals surface area contributed by atoms with E-state index in [1.54, 1.807) is 18.2 Å². The Morgan fingerprint density at radius 2 is 1.96 bits per heavy atom. The molecule has 2 aromatic carbocycles. The Bertz CT molecular complexity index is 982. The molecule has 3 aromatic rings. The van der Waals surface area contributed by atoms with E-state index in [-0.39, 0.29) is 6.54 Å². The predicted octanol–water partition coefficient (Wildman–Crippen LogP) is 4.53. The molecule has 0 bridgehead atoms. The van der Waals surface area contributed by atoms with Crippen LogP contribution >= 0.6 is 23.2 Å². The van der Waals surface area contributed by atoms with E-state index >= 15 is 0 Å². The third kappa shape index (κ3) is 3.24. The number of aromatic nitrogens is 3. The molecule has 1 aliphatic heterocycles. The maximum Gasteiger partial charge on any atom is 0.510 e. The zero-order chi connectivity index (χ0) is 19.0. The number of rotatable bonds is 4. The van der Waals surface area contributed by atoms with Crippen molar-refractivity contribution in [2.45, 2.75) is 18.2 Å². The number of carbonyl (C=O) groups is 1. The van der Waals surface area contributed by atoms with E-state index in [2.05, 4.69) is 10.1 Å². The van der Waals surface area contributed by atoms with Crippen molar-refractivity contribution in [3.63, 3.8) is 0 Å². The lowest BCUT2D eigenvalue weighted by molar-refractivity contribution is 0.00362. The normalized spacial score (nSPS) is 21.7. The second-order valence-electron chi connectivity index (χ2n) is 6.01. The smallest absolute Gasteiger partial charge is 0.421 e. The zero-order valence-corrected chi connectivity index (χ0v) is 15.2. The van der Waals surface area contributed by atoms with E-state index in [9.17, 15) is 9.18 Å². The van der Waals surface area contributed by atoms with Crippen molar-refractivity contribution in [3.05, 3.63) is 82.1 Å². The SMILES string of the molecule is O=C1OC(c2ccc(F)cc2)C(Cn2cncn2)(c2ccc(Cl)cc2Cl)O1. The van der Waals surface area contributed by atoms with Gasteiger partial charge in [-0.15, -0.1) is 0 Å². The summed E-state index contributed by atoms with van der Waals surface area (Å²) >= 11 is 12.4. The van der Waals surface area contributed by atoms with Gasteiger partial charge < -0.3 is 9.47 Å². The first kappa shape index (κ1) is 17.8. The number of benzene rings is 2. The first-order valence-corrected chi connectivity index (χ1v) is 8.66. The van der Waals surface area contributed by atoms with E-state index in [0.717, 1.165) is 0 Å². The van der Waals surface area contributed by atoms with Gasteiger partial charge in [0.2, 0.25) is 5.60 Å². The lowest BCUT2D eigenvalue weighted by Crippen LogP contribution is -2.37. The highest BCUT2D eigenvalue weighted by Crippen LogP contribution is 2.49. The molecular weight excluding hydrogens is 396 g/mol. The standard InChI is InChI=1S/C18H12Cl2FN3O3/c19-12-3-6-14(15(20)7-12)18(8-24-10-22-9-23-24)16(26-17(25)27-18)11-1-4-13(21)5-2-11/h1-7,9-10,16H,8H2. The average Bonchev–Trinajstić information content (AvgIpc) is 3.24. The number of ether oxygens (including phenoxy) is 2. The number of cyclic esters (lactones) is 2. The molecule has 2 heterocycles. The summed E-state index contributed by atoms with van der Waals surface area (Å²) in [6, 6.07) is 10.5. The van der Waals surface area contributed by atoms with Crippen molar-refractivity contribution in [2.75, 3.05) is 0 Å². The Morgan fingerprint density at radius 1 is 1.19 bits per heavy atom. The molecule has 0 aliphatic carbocycles.